The van der Waals surface area contributed by atoms with Crippen molar-refractivity contribution in [2.75, 3.05) is 0 Å². The number of hydrogen-bond acceptors (Lipinski definition) is 2. The number of pyridine rings is 1. The molecule has 1 unspecified atom stereocenters. The van der Waals surface area contributed by atoms with Crippen molar-refractivity contribution in [2.24, 2.45) is 0 Å². The summed E-state index contributed by atoms with van der Waals surface area (Å²) in [5, 5.41) is 0. The van der Waals surface area contributed by atoms with Crippen molar-refractivity contribution >= 4 is 5.91 Å². The van der Waals surface area contributed by atoms with E-state index in [9.17, 15) is 13.6 Å². The lowest BCUT2D eigenvalue weighted by molar-refractivity contribution is -0.132. The lowest BCUT2D eigenvalue weighted by Gasteiger charge is -2.24. The predicted molar refractivity (Wildman–Crippen MR) is 87.2 cm³/mol. The lowest BCUT2D eigenvalue weighted by Crippen LogP contribution is -2.33. The van der Waals surface area contributed by atoms with Gasteiger partial charge in [0.1, 0.15) is 11.6 Å². The molecule has 0 N–H and O–H groups in total. The zero-order valence-corrected chi connectivity index (χ0v) is 13.6. The first-order valence-corrected chi connectivity index (χ1v) is 8.18. The van der Waals surface area contributed by atoms with E-state index in [2.05, 4.69) is 4.98 Å². The van der Waals surface area contributed by atoms with Crippen LogP contribution < -0.4 is 0 Å². The van der Waals surface area contributed by atoms with Gasteiger partial charge in [-0.3, -0.25) is 9.78 Å². The molecule has 1 fully saturated rings. The van der Waals surface area contributed by atoms with Gasteiger partial charge in [-0.1, -0.05) is 13.0 Å². The van der Waals surface area contributed by atoms with E-state index in [1.54, 1.807) is 19.3 Å². The van der Waals surface area contributed by atoms with Gasteiger partial charge in [-0.2, -0.15) is 0 Å². The molecule has 1 aliphatic rings. The molecule has 126 valence electrons. The van der Waals surface area contributed by atoms with Crippen LogP contribution in [0.15, 0.2) is 42.7 Å². The molecule has 1 saturated carbocycles. The molecule has 1 atom stereocenters. The van der Waals surface area contributed by atoms with Crippen LogP contribution in [-0.4, -0.2) is 21.8 Å². The summed E-state index contributed by atoms with van der Waals surface area (Å²) in [6.07, 6.45) is 5.65. The highest BCUT2D eigenvalue weighted by Crippen LogP contribution is 2.31. The van der Waals surface area contributed by atoms with Crippen LogP contribution in [0, 0.1) is 11.6 Å². The number of amides is 1. The van der Waals surface area contributed by atoms with Gasteiger partial charge in [0.2, 0.25) is 5.91 Å². The number of carbonyl (C=O) groups is 1. The molecule has 3 nitrogen and oxygen atoms in total. The second-order valence-electron chi connectivity index (χ2n) is 6.38. The van der Waals surface area contributed by atoms with Crippen LogP contribution in [0.25, 0.3) is 0 Å². The zero-order valence-electron chi connectivity index (χ0n) is 13.6. The second-order valence-corrected chi connectivity index (χ2v) is 6.38. The average molecular weight is 330 g/mol. The van der Waals surface area contributed by atoms with Crippen molar-refractivity contribution in [2.45, 2.75) is 44.7 Å². The van der Waals surface area contributed by atoms with Crippen LogP contribution >= 0.6 is 0 Å². The van der Waals surface area contributed by atoms with Crippen LogP contribution in [0.1, 0.15) is 43.2 Å². The molecule has 1 heterocycles. The van der Waals surface area contributed by atoms with Crippen LogP contribution in [0.4, 0.5) is 8.78 Å². The van der Waals surface area contributed by atoms with E-state index >= 15 is 0 Å². The van der Waals surface area contributed by atoms with Crippen LogP contribution in [0.2, 0.25) is 0 Å². The van der Waals surface area contributed by atoms with Gasteiger partial charge in [-0.25, -0.2) is 8.78 Å². The van der Waals surface area contributed by atoms with Crippen molar-refractivity contribution < 1.29 is 13.6 Å². The fourth-order valence-corrected chi connectivity index (χ4v) is 2.88. The normalized spacial score (nSPS) is 15.1. The molecule has 1 aromatic carbocycles. The van der Waals surface area contributed by atoms with E-state index in [4.69, 9.17) is 0 Å². The molecule has 1 aliphatic carbocycles. The maximum atomic E-state index is 13.9. The second kappa shape index (κ2) is 7.07. The van der Waals surface area contributed by atoms with Crippen molar-refractivity contribution in [3.8, 4) is 0 Å². The molecule has 0 bridgehead atoms. The third kappa shape index (κ3) is 3.96. The van der Waals surface area contributed by atoms with Crippen LogP contribution in [-0.2, 0) is 11.3 Å². The van der Waals surface area contributed by atoms with Crippen LogP contribution in [0.3, 0.4) is 0 Å². The molecule has 1 aromatic heterocycles. The molecule has 1 amide bonds. The number of rotatable bonds is 6. The van der Waals surface area contributed by atoms with Crippen molar-refractivity contribution in [1.82, 2.24) is 9.88 Å². The average Bonchev–Trinajstić information content (AvgIpc) is 3.38. The van der Waals surface area contributed by atoms with Gasteiger partial charge in [-0.15, -0.1) is 0 Å². The monoisotopic (exact) mass is 330 g/mol. The minimum atomic E-state index is -0.605. The van der Waals surface area contributed by atoms with E-state index in [0.29, 0.717) is 12.1 Å². The number of carbonyl (C=O) groups excluding carboxylic acids is 1. The fourth-order valence-electron chi connectivity index (χ4n) is 2.88. The van der Waals surface area contributed by atoms with Gasteiger partial charge < -0.3 is 4.90 Å². The molecular weight excluding hydrogens is 310 g/mol. The third-order valence-corrected chi connectivity index (χ3v) is 4.38. The molecule has 3 rings (SSSR count). The fraction of sp³-hybridized carbons (Fsp3) is 0.368. The Hall–Kier alpha value is -2.30. The Morgan fingerprint density at radius 1 is 1.25 bits per heavy atom. The summed E-state index contributed by atoms with van der Waals surface area (Å²) in [6, 6.07) is 7.58. The minimum Gasteiger partial charge on any atom is -0.335 e. The highest BCUT2D eigenvalue weighted by molar-refractivity contribution is 5.77. The standard InChI is InChI=1S/C19H20F2N2O/c1-13(17-5-2-15(20)11-18(17)21)10-19(24)23(16-3-4-16)12-14-6-8-22-9-7-14/h2,5-9,11,13,16H,3-4,10,12H2,1H3. The van der Waals surface area contributed by atoms with Gasteiger partial charge >= 0.3 is 0 Å². The number of halogens is 2. The van der Waals surface area contributed by atoms with E-state index in [1.165, 1.54) is 12.1 Å². The highest BCUT2D eigenvalue weighted by atomic mass is 19.1. The maximum Gasteiger partial charge on any atom is 0.223 e. The number of benzene rings is 1. The molecule has 0 aliphatic heterocycles. The molecule has 24 heavy (non-hydrogen) atoms. The summed E-state index contributed by atoms with van der Waals surface area (Å²) in [7, 11) is 0. The van der Waals surface area contributed by atoms with Gasteiger partial charge in [0.25, 0.3) is 0 Å². The Morgan fingerprint density at radius 2 is 1.96 bits per heavy atom. The van der Waals surface area contributed by atoms with Crippen molar-refractivity contribution in [1.29, 1.82) is 0 Å². The summed E-state index contributed by atoms with van der Waals surface area (Å²) in [6.45, 7) is 2.34. The molecule has 0 spiro atoms. The Morgan fingerprint density at radius 3 is 2.58 bits per heavy atom. The summed E-state index contributed by atoms with van der Waals surface area (Å²) in [5.74, 6) is -1.49. The highest BCUT2D eigenvalue weighted by Gasteiger charge is 2.33. The molecule has 0 saturated heterocycles. The zero-order chi connectivity index (χ0) is 17.1. The minimum absolute atomic E-state index is 0.00513. The van der Waals surface area contributed by atoms with E-state index in [-0.39, 0.29) is 24.3 Å². The molecule has 0 radical (unpaired) electrons. The van der Waals surface area contributed by atoms with Gasteiger partial charge in [0.05, 0.1) is 0 Å². The first-order chi connectivity index (χ1) is 11.5. The first-order valence-electron chi connectivity index (χ1n) is 8.18. The summed E-state index contributed by atoms with van der Waals surface area (Å²) in [5.41, 5.74) is 1.41. The number of hydrogen-bond donors (Lipinski definition) is 0. The topological polar surface area (TPSA) is 33.2 Å². The molecule has 2 aromatic rings. The first kappa shape index (κ1) is 16.6. The predicted octanol–water partition coefficient (Wildman–Crippen LogP) is 4.04. The van der Waals surface area contributed by atoms with Crippen molar-refractivity contribution in [3.05, 3.63) is 65.5 Å². The summed E-state index contributed by atoms with van der Waals surface area (Å²) < 4.78 is 26.9. The van der Waals surface area contributed by atoms with Crippen LogP contribution in [0.5, 0.6) is 0 Å². The van der Waals surface area contributed by atoms with Gasteiger partial charge in [-0.05, 0) is 48.1 Å². The molecule has 5 heteroatoms. The SMILES string of the molecule is CC(CC(=O)N(Cc1ccncc1)C1CC1)c1ccc(F)cc1F. The number of nitrogens with zero attached hydrogens (tertiary/aromatic N) is 2. The number of aromatic nitrogens is 1. The lowest BCUT2D eigenvalue weighted by atomic mass is 9.96. The van der Waals surface area contributed by atoms with Gasteiger partial charge in [0.15, 0.2) is 0 Å². The smallest absolute Gasteiger partial charge is 0.223 e. The van der Waals surface area contributed by atoms with E-state index < -0.39 is 11.6 Å². The Bertz CT molecular complexity index is 717. The molecular formula is C19H20F2N2O. The van der Waals surface area contributed by atoms with Crippen molar-refractivity contribution in [3.63, 3.8) is 0 Å². The van der Waals surface area contributed by atoms with Gasteiger partial charge in [0, 0.05) is 37.5 Å². The summed E-state index contributed by atoms with van der Waals surface area (Å²) in [4.78, 5) is 18.6. The third-order valence-electron chi connectivity index (χ3n) is 4.38. The Balaban J connectivity index is 1.69. The maximum absolute atomic E-state index is 13.9. The quantitative estimate of drug-likeness (QED) is 0.801. The van der Waals surface area contributed by atoms with E-state index in [1.807, 2.05) is 17.0 Å². The Kier molecular flexibility index (Phi) is 4.88. The van der Waals surface area contributed by atoms with E-state index in [0.717, 1.165) is 24.5 Å². The summed E-state index contributed by atoms with van der Waals surface area (Å²) >= 11 is 0. The Labute approximate surface area is 140 Å². The largest absolute Gasteiger partial charge is 0.335 e.